The van der Waals surface area contributed by atoms with Crippen molar-refractivity contribution >= 4 is 23.2 Å². The van der Waals surface area contributed by atoms with Crippen molar-refractivity contribution in [3.8, 4) is 0 Å². The first kappa shape index (κ1) is 22.3. The second-order valence-corrected chi connectivity index (χ2v) is 7.63. The fourth-order valence-electron chi connectivity index (χ4n) is 3.75. The number of piperidine rings is 1. The number of nitro benzene ring substituents is 1. The number of hydrogen-bond donors (Lipinski definition) is 2. The largest absolute Gasteiger partial charge is 0.378 e. The minimum absolute atomic E-state index is 0.0122. The predicted octanol–water partition coefficient (Wildman–Crippen LogP) is 2.99. The highest BCUT2D eigenvalue weighted by molar-refractivity contribution is 5.80. The Kier molecular flexibility index (Phi) is 7.98. The van der Waals surface area contributed by atoms with Crippen molar-refractivity contribution in [2.45, 2.75) is 25.7 Å². The quantitative estimate of drug-likeness (QED) is 0.366. The third-order valence-corrected chi connectivity index (χ3v) is 5.53. The summed E-state index contributed by atoms with van der Waals surface area (Å²) in [5.74, 6) is 0.00125. The summed E-state index contributed by atoms with van der Waals surface area (Å²) in [6.45, 7) is 1.97. The third-order valence-electron chi connectivity index (χ3n) is 5.53. The van der Waals surface area contributed by atoms with Crippen LogP contribution in [0.5, 0.6) is 0 Å². The van der Waals surface area contributed by atoms with Crippen molar-refractivity contribution in [3.63, 3.8) is 0 Å². The molecule has 0 aromatic heterocycles. The molecule has 0 bridgehead atoms. The van der Waals surface area contributed by atoms with Crippen LogP contribution in [0.2, 0.25) is 0 Å². The highest BCUT2D eigenvalue weighted by atomic mass is 16.6. The van der Waals surface area contributed by atoms with Crippen molar-refractivity contribution in [1.29, 1.82) is 0 Å². The van der Waals surface area contributed by atoms with E-state index in [9.17, 15) is 19.7 Å². The molecule has 2 amide bonds. The van der Waals surface area contributed by atoms with Crippen LogP contribution in [-0.4, -0.2) is 47.8 Å². The van der Waals surface area contributed by atoms with Crippen molar-refractivity contribution < 1.29 is 14.5 Å². The van der Waals surface area contributed by atoms with E-state index in [0.717, 1.165) is 12.0 Å². The Balaban J connectivity index is 1.34. The Morgan fingerprint density at radius 1 is 1.00 bits per heavy atom. The number of carbonyl (C=O) groups excluding carboxylic acids is 2. The fourth-order valence-corrected chi connectivity index (χ4v) is 3.75. The Hall–Kier alpha value is -3.42. The molecule has 2 N–H and O–H groups in total. The van der Waals surface area contributed by atoms with Gasteiger partial charge in [0.25, 0.3) is 5.69 Å². The molecule has 1 aliphatic rings. The van der Waals surface area contributed by atoms with E-state index in [-0.39, 0.29) is 23.4 Å². The topological polar surface area (TPSA) is 105 Å². The lowest BCUT2D eigenvalue weighted by molar-refractivity contribution is -0.384. The first-order valence-corrected chi connectivity index (χ1v) is 10.6. The van der Waals surface area contributed by atoms with E-state index in [4.69, 9.17) is 0 Å². The number of nitro groups is 1. The Morgan fingerprint density at radius 3 is 2.39 bits per heavy atom. The van der Waals surface area contributed by atoms with E-state index in [0.29, 0.717) is 51.1 Å². The molecule has 8 heteroatoms. The Morgan fingerprint density at radius 2 is 1.68 bits per heavy atom. The lowest BCUT2D eigenvalue weighted by Gasteiger charge is -2.31. The average molecular weight is 425 g/mol. The monoisotopic (exact) mass is 424 g/mol. The maximum Gasteiger partial charge on any atom is 0.292 e. The molecule has 0 radical (unpaired) electrons. The van der Waals surface area contributed by atoms with Crippen LogP contribution in [0, 0.1) is 16.0 Å². The lowest BCUT2D eigenvalue weighted by Crippen LogP contribution is -2.43. The molecule has 1 heterocycles. The summed E-state index contributed by atoms with van der Waals surface area (Å²) in [4.78, 5) is 37.3. The number of nitrogens with zero attached hydrogens (tertiary/aromatic N) is 2. The van der Waals surface area contributed by atoms with Crippen LogP contribution in [0.25, 0.3) is 0 Å². The van der Waals surface area contributed by atoms with Gasteiger partial charge >= 0.3 is 0 Å². The molecular formula is C23H28N4O4. The van der Waals surface area contributed by atoms with E-state index in [1.807, 2.05) is 35.2 Å². The van der Waals surface area contributed by atoms with Crippen molar-refractivity contribution in [1.82, 2.24) is 10.2 Å². The number of likely N-dealkylation sites (tertiary alicyclic amines) is 1. The second kappa shape index (κ2) is 11.1. The average Bonchev–Trinajstić information content (AvgIpc) is 2.81. The van der Waals surface area contributed by atoms with Gasteiger partial charge in [0.05, 0.1) is 4.92 Å². The van der Waals surface area contributed by atoms with Crippen LogP contribution < -0.4 is 10.6 Å². The van der Waals surface area contributed by atoms with Crippen LogP contribution in [0.4, 0.5) is 11.4 Å². The highest BCUT2D eigenvalue weighted by Crippen LogP contribution is 2.22. The van der Waals surface area contributed by atoms with Gasteiger partial charge in [-0.3, -0.25) is 19.7 Å². The zero-order chi connectivity index (χ0) is 22.1. The number of para-hydroxylation sites is 2. The molecule has 1 aliphatic heterocycles. The number of nitrogens with one attached hydrogen (secondary N) is 2. The minimum Gasteiger partial charge on any atom is -0.378 e. The summed E-state index contributed by atoms with van der Waals surface area (Å²) >= 11 is 0. The molecule has 8 nitrogen and oxygen atoms in total. The van der Waals surface area contributed by atoms with Gasteiger partial charge in [0.2, 0.25) is 11.8 Å². The minimum atomic E-state index is -0.435. The summed E-state index contributed by atoms with van der Waals surface area (Å²) < 4.78 is 0. The number of hydrogen-bond acceptors (Lipinski definition) is 5. The third kappa shape index (κ3) is 6.53. The summed E-state index contributed by atoms with van der Waals surface area (Å²) in [6, 6.07) is 16.4. The van der Waals surface area contributed by atoms with E-state index in [1.165, 1.54) is 6.07 Å². The normalized spacial score (nSPS) is 14.1. The van der Waals surface area contributed by atoms with E-state index in [1.54, 1.807) is 18.2 Å². The van der Waals surface area contributed by atoms with E-state index >= 15 is 0 Å². The summed E-state index contributed by atoms with van der Waals surface area (Å²) in [6.07, 6.45) is 2.52. The van der Waals surface area contributed by atoms with Crippen LogP contribution in [-0.2, 0) is 16.0 Å². The zero-order valence-corrected chi connectivity index (χ0v) is 17.5. The summed E-state index contributed by atoms with van der Waals surface area (Å²) in [7, 11) is 0. The number of amides is 2. The van der Waals surface area contributed by atoms with Crippen LogP contribution >= 0.6 is 0 Å². The summed E-state index contributed by atoms with van der Waals surface area (Å²) in [5, 5.41) is 16.9. The van der Waals surface area contributed by atoms with Crippen molar-refractivity contribution in [3.05, 3.63) is 70.3 Å². The Bertz CT molecular complexity index is 895. The molecule has 31 heavy (non-hydrogen) atoms. The molecule has 1 fully saturated rings. The number of anilines is 1. The standard InChI is InChI=1S/C23H28N4O4/c28-22(11-10-18-6-2-1-3-7-18)26-16-12-19(13-17-26)23(29)25-15-14-24-20-8-4-5-9-21(20)27(30)31/h1-9,19,24H,10-17H2,(H,25,29). The zero-order valence-electron chi connectivity index (χ0n) is 17.5. The van der Waals surface area contributed by atoms with E-state index < -0.39 is 4.92 Å². The number of aryl methyl sites for hydroxylation is 1. The molecule has 2 aromatic carbocycles. The SMILES string of the molecule is O=C(NCCNc1ccccc1[N+](=O)[O-])C1CCN(C(=O)CCc2ccccc2)CC1. The van der Waals surface area contributed by atoms with Crippen LogP contribution in [0.1, 0.15) is 24.8 Å². The highest BCUT2D eigenvalue weighted by Gasteiger charge is 2.26. The second-order valence-electron chi connectivity index (χ2n) is 7.63. The fraction of sp³-hybridized carbons (Fsp3) is 0.391. The van der Waals surface area contributed by atoms with Crippen molar-refractivity contribution in [2.75, 3.05) is 31.5 Å². The number of benzene rings is 2. The maximum absolute atomic E-state index is 12.4. The Labute approximate surface area is 181 Å². The van der Waals surface area contributed by atoms with Gasteiger partial charge in [0, 0.05) is 44.6 Å². The first-order chi connectivity index (χ1) is 15.0. The number of carbonyl (C=O) groups is 2. The van der Waals surface area contributed by atoms with Crippen molar-refractivity contribution in [2.24, 2.45) is 5.92 Å². The van der Waals surface area contributed by atoms with Gasteiger partial charge in [0.1, 0.15) is 5.69 Å². The molecule has 0 aliphatic carbocycles. The van der Waals surface area contributed by atoms with Gasteiger partial charge in [-0.2, -0.15) is 0 Å². The maximum atomic E-state index is 12.4. The molecule has 0 unspecified atom stereocenters. The summed E-state index contributed by atoms with van der Waals surface area (Å²) in [5.41, 5.74) is 1.60. The van der Waals surface area contributed by atoms with Gasteiger partial charge in [-0.25, -0.2) is 0 Å². The lowest BCUT2D eigenvalue weighted by atomic mass is 9.95. The molecular weight excluding hydrogens is 396 g/mol. The molecule has 164 valence electrons. The first-order valence-electron chi connectivity index (χ1n) is 10.6. The van der Waals surface area contributed by atoms with Gasteiger partial charge in [-0.05, 0) is 30.9 Å². The smallest absolute Gasteiger partial charge is 0.292 e. The molecule has 0 spiro atoms. The van der Waals surface area contributed by atoms with Gasteiger partial charge in [-0.15, -0.1) is 0 Å². The number of rotatable bonds is 9. The van der Waals surface area contributed by atoms with Gasteiger partial charge in [-0.1, -0.05) is 42.5 Å². The predicted molar refractivity (Wildman–Crippen MR) is 119 cm³/mol. The van der Waals surface area contributed by atoms with Crippen LogP contribution in [0.3, 0.4) is 0 Å². The molecule has 0 atom stereocenters. The van der Waals surface area contributed by atoms with Gasteiger partial charge < -0.3 is 15.5 Å². The van der Waals surface area contributed by atoms with Gasteiger partial charge in [0.15, 0.2) is 0 Å². The molecule has 2 aromatic rings. The molecule has 1 saturated heterocycles. The van der Waals surface area contributed by atoms with E-state index in [2.05, 4.69) is 10.6 Å². The van der Waals surface area contributed by atoms with Crippen LogP contribution in [0.15, 0.2) is 54.6 Å². The molecule has 3 rings (SSSR count). The molecule has 0 saturated carbocycles.